The summed E-state index contributed by atoms with van der Waals surface area (Å²) in [5, 5.41) is 19.5. The number of anilines is 1. The van der Waals surface area contributed by atoms with Crippen molar-refractivity contribution in [3.8, 4) is 12.1 Å². The molecule has 0 radical (unpaired) electrons. The van der Waals surface area contributed by atoms with Gasteiger partial charge in [0.15, 0.2) is 0 Å². The highest BCUT2D eigenvalue weighted by Crippen LogP contribution is 2.37. The molecule has 5 rings (SSSR count). The summed E-state index contributed by atoms with van der Waals surface area (Å²) in [5.74, 6) is -0.859. The van der Waals surface area contributed by atoms with Crippen molar-refractivity contribution in [2.24, 2.45) is 7.05 Å². The van der Waals surface area contributed by atoms with Crippen molar-refractivity contribution in [1.29, 1.82) is 10.5 Å². The Labute approximate surface area is 224 Å². The first-order valence-corrected chi connectivity index (χ1v) is 12.5. The van der Waals surface area contributed by atoms with Crippen molar-refractivity contribution in [1.82, 2.24) is 19.4 Å². The quantitative estimate of drug-likeness (QED) is 0.396. The van der Waals surface area contributed by atoms with Gasteiger partial charge in [-0.15, -0.1) is 0 Å². The van der Waals surface area contributed by atoms with Crippen LogP contribution >= 0.6 is 0 Å². The Hall–Kier alpha value is -4.67. The summed E-state index contributed by atoms with van der Waals surface area (Å²) in [5.41, 5.74) is 1.88. The third-order valence-corrected chi connectivity index (χ3v) is 7.33. The number of benzene rings is 1. The second-order valence-corrected chi connectivity index (χ2v) is 9.75. The zero-order valence-electron chi connectivity index (χ0n) is 21.6. The van der Waals surface area contributed by atoms with Crippen LogP contribution in [0.25, 0.3) is 11.0 Å². The summed E-state index contributed by atoms with van der Waals surface area (Å²) < 4.78 is 30.2. The van der Waals surface area contributed by atoms with Gasteiger partial charge in [-0.2, -0.15) is 10.5 Å². The second kappa shape index (κ2) is 10.2. The molecule has 3 aromatic heterocycles. The second-order valence-electron chi connectivity index (χ2n) is 9.75. The van der Waals surface area contributed by atoms with Gasteiger partial charge in [-0.25, -0.2) is 13.8 Å². The molecular formula is C29H25F2N7O. The predicted molar refractivity (Wildman–Crippen MR) is 142 cm³/mol. The molecule has 1 aliphatic rings. The van der Waals surface area contributed by atoms with Crippen molar-refractivity contribution >= 4 is 16.7 Å². The van der Waals surface area contributed by atoms with Crippen LogP contribution in [-0.4, -0.2) is 44.6 Å². The van der Waals surface area contributed by atoms with Crippen LogP contribution in [-0.2, 0) is 7.05 Å². The Bertz CT molecular complexity index is 1700. The summed E-state index contributed by atoms with van der Waals surface area (Å²) in [4.78, 5) is 26.1. The number of pyridine rings is 3. The lowest BCUT2D eigenvalue weighted by Crippen LogP contribution is -2.58. The standard InChI is InChI=1S/C29H25F2N7O/c1-17-16-38(28-22(14-33)29(39)36(3)24-11-10-21(13-32)35-26(24)28)18(2)15-37(17)27(19-6-8-20(30)9-7-19)25-23(31)5-4-12-34-25/h4-12,17-18,27H,15-16H2,1-3H3/t17?,18-,27?/m0/s1. The van der Waals surface area contributed by atoms with Crippen LogP contribution in [0.2, 0.25) is 0 Å². The van der Waals surface area contributed by atoms with E-state index in [1.54, 1.807) is 25.2 Å². The fourth-order valence-corrected chi connectivity index (χ4v) is 5.41. The maximum Gasteiger partial charge on any atom is 0.270 e. The molecule has 1 fully saturated rings. The van der Waals surface area contributed by atoms with E-state index in [9.17, 15) is 19.7 Å². The van der Waals surface area contributed by atoms with Gasteiger partial charge in [-0.3, -0.25) is 14.7 Å². The average Bonchev–Trinajstić information content (AvgIpc) is 2.94. The summed E-state index contributed by atoms with van der Waals surface area (Å²) in [6.07, 6.45) is 1.53. The summed E-state index contributed by atoms with van der Waals surface area (Å²) in [7, 11) is 1.57. The Balaban J connectivity index is 1.62. The number of fused-ring (bicyclic) bond motifs is 1. The van der Waals surface area contributed by atoms with E-state index in [1.165, 1.54) is 41.1 Å². The maximum absolute atomic E-state index is 15.1. The molecule has 10 heteroatoms. The van der Waals surface area contributed by atoms with Gasteiger partial charge in [0.05, 0.1) is 22.9 Å². The van der Waals surface area contributed by atoms with Crippen LogP contribution in [0, 0.1) is 34.3 Å². The van der Waals surface area contributed by atoms with Crippen LogP contribution in [0.5, 0.6) is 0 Å². The first kappa shape index (κ1) is 26.0. The van der Waals surface area contributed by atoms with Crippen LogP contribution in [0.3, 0.4) is 0 Å². The van der Waals surface area contributed by atoms with E-state index in [0.29, 0.717) is 35.4 Å². The van der Waals surface area contributed by atoms with E-state index < -0.39 is 23.2 Å². The molecule has 4 aromatic rings. The van der Waals surface area contributed by atoms with Gasteiger partial charge in [-0.1, -0.05) is 12.1 Å². The van der Waals surface area contributed by atoms with Crippen molar-refractivity contribution < 1.29 is 8.78 Å². The van der Waals surface area contributed by atoms with E-state index in [1.807, 2.05) is 24.8 Å². The first-order chi connectivity index (χ1) is 18.7. The Morgan fingerprint density at radius 2 is 1.74 bits per heavy atom. The van der Waals surface area contributed by atoms with Crippen molar-refractivity contribution in [2.75, 3.05) is 18.0 Å². The van der Waals surface area contributed by atoms with Crippen LogP contribution in [0.4, 0.5) is 14.5 Å². The van der Waals surface area contributed by atoms with E-state index in [2.05, 4.69) is 20.9 Å². The summed E-state index contributed by atoms with van der Waals surface area (Å²) in [6, 6.07) is 15.1. The van der Waals surface area contributed by atoms with Crippen LogP contribution in [0.15, 0.2) is 59.5 Å². The minimum atomic E-state index is -0.592. The number of nitriles is 2. The van der Waals surface area contributed by atoms with Gasteiger partial charge in [0.2, 0.25) is 0 Å². The van der Waals surface area contributed by atoms with E-state index in [4.69, 9.17) is 0 Å². The van der Waals surface area contributed by atoms with Gasteiger partial charge in [-0.05, 0) is 55.8 Å². The number of hydrogen-bond donors (Lipinski definition) is 0. The van der Waals surface area contributed by atoms with E-state index >= 15 is 4.39 Å². The smallest absolute Gasteiger partial charge is 0.270 e. The molecule has 4 heterocycles. The molecule has 0 N–H and O–H groups in total. The molecule has 1 aliphatic heterocycles. The molecule has 0 saturated carbocycles. The molecule has 39 heavy (non-hydrogen) atoms. The average molecular weight is 526 g/mol. The third kappa shape index (κ3) is 4.49. The van der Waals surface area contributed by atoms with Crippen molar-refractivity contribution in [2.45, 2.75) is 32.0 Å². The molecule has 196 valence electrons. The van der Waals surface area contributed by atoms with Crippen molar-refractivity contribution in [3.63, 3.8) is 0 Å². The zero-order valence-corrected chi connectivity index (χ0v) is 21.6. The van der Waals surface area contributed by atoms with E-state index in [-0.39, 0.29) is 29.0 Å². The van der Waals surface area contributed by atoms with Crippen LogP contribution < -0.4 is 10.5 Å². The van der Waals surface area contributed by atoms with Gasteiger partial charge in [0.1, 0.15) is 40.5 Å². The maximum atomic E-state index is 15.1. The number of aromatic nitrogens is 3. The van der Waals surface area contributed by atoms with Gasteiger partial charge < -0.3 is 9.47 Å². The molecule has 2 unspecified atom stereocenters. The predicted octanol–water partition coefficient (Wildman–Crippen LogP) is 4.04. The summed E-state index contributed by atoms with van der Waals surface area (Å²) >= 11 is 0. The fraction of sp³-hybridized carbons (Fsp3) is 0.276. The Morgan fingerprint density at radius 1 is 1.00 bits per heavy atom. The van der Waals surface area contributed by atoms with Crippen molar-refractivity contribution in [3.05, 3.63) is 99.2 Å². The first-order valence-electron chi connectivity index (χ1n) is 12.5. The summed E-state index contributed by atoms with van der Waals surface area (Å²) in [6.45, 7) is 4.72. The molecule has 1 saturated heterocycles. The van der Waals surface area contributed by atoms with Crippen LogP contribution in [0.1, 0.15) is 42.4 Å². The molecule has 8 nitrogen and oxygen atoms in total. The molecule has 0 amide bonds. The van der Waals surface area contributed by atoms with Gasteiger partial charge in [0.25, 0.3) is 5.56 Å². The monoisotopic (exact) mass is 525 g/mol. The number of halogens is 2. The normalized spacial score (nSPS) is 18.5. The topological polar surface area (TPSA) is 102 Å². The highest BCUT2D eigenvalue weighted by atomic mass is 19.1. The molecule has 1 aromatic carbocycles. The molecule has 0 spiro atoms. The molecule has 3 atom stereocenters. The number of rotatable bonds is 4. The highest BCUT2D eigenvalue weighted by Gasteiger charge is 2.38. The lowest BCUT2D eigenvalue weighted by molar-refractivity contribution is 0.125. The lowest BCUT2D eigenvalue weighted by atomic mass is 9.95. The molecule has 0 aliphatic carbocycles. The van der Waals surface area contributed by atoms with Gasteiger partial charge in [0, 0.05) is 38.4 Å². The number of aryl methyl sites for hydroxylation is 1. The molecule has 0 bridgehead atoms. The minimum Gasteiger partial charge on any atom is -0.363 e. The third-order valence-electron chi connectivity index (χ3n) is 7.33. The SMILES string of the molecule is CC1CN(c2c(C#N)c(=O)n(C)c3ccc(C#N)nc23)[C@@H](C)CN1C(c1ccc(F)cc1)c1ncccc1F. The highest BCUT2D eigenvalue weighted by molar-refractivity contribution is 5.92. The Morgan fingerprint density at radius 3 is 2.41 bits per heavy atom. The van der Waals surface area contributed by atoms with Gasteiger partial charge >= 0.3 is 0 Å². The Kier molecular flexibility index (Phi) is 6.81. The molecular weight excluding hydrogens is 500 g/mol. The minimum absolute atomic E-state index is 0.0501. The largest absolute Gasteiger partial charge is 0.363 e. The fourth-order valence-electron chi connectivity index (χ4n) is 5.41. The zero-order chi connectivity index (χ0) is 27.8. The lowest BCUT2D eigenvalue weighted by Gasteiger charge is -2.48. The number of hydrogen-bond acceptors (Lipinski definition) is 7. The number of nitrogens with zero attached hydrogens (tertiary/aromatic N) is 7. The number of piperazine rings is 1. The van der Waals surface area contributed by atoms with E-state index in [0.717, 1.165) is 0 Å².